The van der Waals surface area contributed by atoms with Gasteiger partial charge < -0.3 is 10.1 Å². The molecule has 0 fully saturated rings. The fourth-order valence-electron chi connectivity index (χ4n) is 1.92. The Bertz CT molecular complexity index is 539. The van der Waals surface area contributed by atoms with Gasteiger partial charge in [0.15, 0.2) is 0 Å². The summed E-state index contributed by atoms with van der Waals surface area (Å²) >= 11 is 6.08. The number of rotatable bonds is 6. The second-order valence-electron chi connectivity index (χ2n) is 4.34. The molecule has 0 aliphatic heterocycles. The van der Waals surface area contributed by atoms with E-state index < -0.39 is 0 Å². The zero-order valence-corrected chi connectivity index (χ0v) is 11.9. The van der Waals surface area contributed by atoms with Crippen LogP contribution in [0.1, 0.15) is 11.3 Å². The second kappa shape index (κ2) is 6.59. The van der Waals surface area contributed by atoms with Crippen molar-refractivity contribution in [1.29, 1.82) is 0 Å². The standard InChI is InChI=1S/C14H18ClN3O/c1-18-12(6-8-17-18)5-7-16-10-11-3-4-14(19-2)13(15)9-11/h3-4,6,8-9,16H,5,7,10H2,1-2H3. The monoisotopic (exact) mass is 279 g/mol. The third kappa shape index (κ3) is 3.72. The van der Waals surface area contributed by atoms with Crippen molar-refractivity contribution >= 4 is 11.6 Å². The molecule has 2 rings (SSSR count). The third-order valence-electron chi connectivity index (χ3n) is 3.03. The van der Waals surface area contributed by atoms with Crippen LogP contribution in [0.4, 0.5) is 0 Å². The van der Waals surface area contributed by atoms with Gasteiger partial charge in [0, 0.05) is 38.4 Å². The first kappa shape index (κ1) is 13.9. The summed E-state index contributed by atoms with van der Waals surface area (Å²) in [4.78, 5) is 0. The summed E-state index contributed by atoms with van der Waals surface area (Å²) in [6.45, 7) is 1.70. The van der Waals surface area contributed by atoms with Crippen LogP contribution >= 0.6 is 11.6 Å². The number of aromatic nitrogens is 2. The number of hydrogen-bond acceptors (Lipinski definition) is 3. The van der Waals surface area contributed by atoms with Crippen LogP contribution in [-0.4, -0.2) is 23.4 Å². The van der Waals surface area contributed by atoms with Crippen LogP contribution in [0.2, 0.25) is 5.02 Å². The average molecular weight is 280 g/mol. The molecule has 2 aromatic rings. The van der Waals surface area contributed by atoms with Crippen molar-refractivity contribution in [1.82, 2.24) is 15.1 Å². The van der Waals surface area contributed by atoms with Gasteiger partial charge in [-0.05, 0) is 23.8 Å². The van der Waals surface area contributed by atoms with Crippen LogP contribution in [-0.2, 0) is 20.0 Å². The van der Waals surface area contributed by atoms with Crippen molar-refractivity contribution in [3.8, 4) is 5.75 Å². The van der Waals surface area contributed by atoms with Crippen LogP contribution in [0.5, 0.6) is 5.75 Å². The number of methoxy groups -OCH3 is 1. The summed E-state index contributed by atoms with van der Waals surface area (Å²) in [5, 5.41) is 8.18. The SMILES string of the molecule is COc1ccc(CNCCc2ccnn2C)cc1Cl. The van der Waals surface area contributed by atoms with E-state index in [4.69, 9.17) is 16.3 Å². The van der Waals surface area contributed by atoms with Crippen molar-refractivity contribution in [3.63, 3.8) is 0 Å². The Labute approximate surface area is 118 Å². The largest absolute Gasteiger partial charge is 0.495 e. The Kier molecular flexibility index (Phi) is 4.82. The number of nitrogens with one attached hydrogen (secondary N) is 1. The van der Waals surface area contributed by atoms with E-state index in [0.717, 1.165) is 25.1 Å². The Morgan fingerprint density at radius 1 is 1.37 bits per heavy atom. The number of aryl methyl sites for hydroxylation is 1. The molecule has 4 nitrogen and oxygen atoms in total. The van der Waals surface area contributed by atoms with Gasteiger partial charge >= 0.3 is 0 Å². The average Bonchev–Trinajstić information content (AvgIpc) is 2.80. The van der Waals surface area contributed by atoms with Crippen molar-refractivity contribution < 1.29 is 4.74 Å². The molecular formula is C14H18ClN3O. The lowest BCUT2D eigenvalue weighted by molar-refractivity contribution is 0.415. The highest BCUT2D eigenvalue weighted by atomic mass is 35.5. The van der Waals surface area contributed by atoms with Gasteiger partial charge in [-0.1, -0.05) is 17.7 Å². The minimum Gasteiger partial charge on any atom is -0.495 e. The minimum absolute atomic E-state index is 0.647. The van der Waals surface area contributed by atoms with E-state index >= 15 is 0 Å². The fourth-order valence-corrected chi connectivity index (χ4v) is 2.20. The smallest absolute Gasteiger partial charge is 0.137 e. The van der Waals surface area contributed by atoms with Crippen LogP contribution in [0.3, 0.4) is 0 Å². The van der Waals surface area contributed by atoms with E-state index in [1.165, 1.54) is 5.69 Å². The van der Waals surface area contributed by atoms with E-state index in [9.17, 15) is 0 Å². The lowest BCUT2D eigenvalue weighted by Crippen LogP contribution is -2.17. The second-order valence-corrected chi connectivity index (χ2v) is 4.75. The quantitative estimate of drug-likeness (QED) is 0.826. The van der Waals surface area contributed by atoms with Gasteiger partial charge in [-0.15, -0.1) is 0 Å². The van der Waals surface area contributed by atoms with Crippen molar-refractivity contribution in [2.75, 3.05) is 13.7 Å². The van der Waals surface area contributed by atoms with Gasteiger partial charge in [-0.25, -0.2) is 0 Å². The molecule has 1 heterocycles. The first-order valence-electron chi connectivity index (χ1n) is 6.20. The summed E-state index contributed by atoms with van der Waals surface area (Å²) in [7, 11) is 3.58. The summed E-state index contributed by atoms with van der Waals surface area (Å²) in [5.74, 6) is 0.709. The van der Waals surface area contributed by atoms with E-state index in [-0.39, 0.29) is 0 Å². The minimum atomic E-state index is 0.647. The topological polar surface area (TPSA) is 39.1 Å². The normalized spacial score (nSPS) is 10.7. The molecule has 0 unspecified atom stereocenters. The number of ether oxygens (including phenoxy) is 1. The van der Waals surface area contributed by atoms with Gasteiger partial charge in [0.2, 0.25) is 0 Å². The predicted molar refractivity (Wildman–Crippen MR) is 76.6 cm³/mol. The molecule has 19 heavy (non-hydrogen) atoms. The molecule has 0 amide bonds. The molecular weight excluding hydrogens is 262 g/mol. The van der Waals surface area contributed by atoms with E-state index in [0.29, 0.717) is 10.8 Å². The summed E-state index contributed by atoms with van der Waals surface area (Å²) in [6.07, 6.45) is 2.78. The highest BCUT2D eigenvalue weighted by Crippen LogP contribution is 2.24. The number of nitrogens with zero attached hydrogens (tertiary/aromatic N) is 2. The maximum absolute atomic E-state index is 6.08. The third-order valence-corrected chi connectivity index (χ3v) is 3.32. The highest BCUT2D eigenvalue weighted by molar-refractivity contribution is 6.32. The highest BCUT2D eigenvalue weighted by Gasteiger charge is 2.02. The van der Waals surface area contributed by atoms with Crippen LogP contribution in [0.25, 0.3) is 0 Å². The molecule has 0 spiro atoms. The van der Waals surface area contributed by atoms with Gasteiger partial charge in [0.05, 0.1) is 12.1 Å². The van der Waals surface area contributed by atoms with Gasteiger partial charge in [-0.2, -0.15) is 5.10 Å². The summed E-state index contributed by atoms with van der Waals surface area (Å²) in [5.41, 5.74) is 2.37. The Morgan fingerprint density at radius 3 is 2.84 bits per heavy atom. The van der Waals surface area contributed by atoms with E-state index in [1.54, 1.807) is 7.11 Å². The van der Waals surface area contributed by atoms with Gasteiger partial charge in [-0.3, -0.25) is 4.68 Å². The maximum Gasteiger partial charge on any atom is 0.137 e. The predicted octanol–water partition coefficient (Wildman–Crippen LogP) is 2.41. The lowest BCUT2D eigenvalue weighted by atomic mass is 10.2. The molecule has 0 bridgehead atoms. The lowest BCUT2D eigenvalue weighted by Gasteiger charge is -2.08. The molecule has 0 saturated carbocycles. The molecule has 0 aliphatic rings. The van der Waals surface area contributed by atoms with E-state index in [1.807, 2.05) is 42.2 Å². The fraction of sp³-hybridized carbons (Fsp3) is 0.357. The molecule has 0 radical (unpaired) electrons. The molecule has 1 aromatic carbocycles. The number of halogens is 1. The van der Waals surface area contributed by atoms with Crippen LogP contribution < -0.4 is 10.1 Å². The Morgan fingerprint density at radius 2 is 2.21 bits per heavy atom. The van der Waals surface area contributed by atoms with Gasteiger partial charge in [0.25, 0.3) is 0 Å². The molecule has 5 heteroatoms. The molecule has 0 saturated heterocycles. The first-order valence-corrected chi connectivity index (χ1v) is 6.58. The Balaban J connectivity index is 1.80. The van der Waals surface area contributed by atoms with Crippen LogP contribution in [0.15, 0.2) is 30.5 Å². The molecule has 1 N–H and O–H groups in total. The molecule has 1 aromatic heterocycles. The Hall–Kier alpha value is -1.52. The summed E-state index contributed by atoms with van der Waals surface area (Å²) in [6, 6.07) is 7.87. The zero-order valence-electron chi connectivity index (χ0n) is 11.2. The van der Waals surface area contributed by atoms with Crippen molar-refractivity contribution in [2.24, 2.45) is 7.05 Å². The van der Waals surface area contributed by atoms with Crippen molar-refractivity contribution in [2.45, 2.75) is 13.0 Å². The van der Waals surface area contributed by atoms with Crippen LogP contribution in [0, 0.1) is 0 Å². The van der Waals surface area contributed by atoms with Gasteiger partial charge in [0.1, 0.15) is 5.75 Å². The molecule has 102 valence electrons. The molecule has 0 aliphatic carbocycles. The van der Waals surface area contributed by atoms with E-state index in [2.05, 4.69) is 10.4 Å². The maximum atomic E-state index is 6.08. The van der Waals surface area contributed by atoms with Crippen molar-refractivity contribution in [3.05, 3.63) is 46.7 Å². The first-order chi connectivity index (χ1) is 9.20. The number of hydrogen-bond donors (Lipinski definition) is 1. The number of benzene rings is 1. The zero-order chi connectivity index (χ0) is 13.7. The summed E-state index contributed by atoms with van der Waals surface area (Å²) < 4.78 is 7.02. The molecule has 0 atom stereocenters.